The fraction of sp³-hybridized carbons (Fsp3) is 0.250. The third-order valence-corrected chi connectivity index (χ3v) is 2.39. The zero-order chi connectivity index (χ0) is 14.0. The van der Waals surface area contributed by atoms with Crippen LogP contribution in [0.4, 0.5) is 23.2 Å². The second kappa shape index (κ2) is 5.32. The van der Waals surface area contributed by atoms with Crippen LogP contribution in [0.2, 0.25) is 0 Å². The Kier molecular flexibility index (Phi) is 4.90. The Morgan fingerprint density at radius 1 is 0.941 bits per heavy atom. The lowest BCUT2D eigenvalue weighted by Gasteiger charge is -2.06. The van der Waals surface area contributed by atoms with Crippen LogP contribution in [0, 0.1) is 23.3 Å². The van der Waals surface area contributed by atoms with Gasteiger partial charge >= 0.3 is 10.1 Å². The first-order chi connectivity index (χ1) is 7.68. The lowest BCUT2D eigenvalue weighted by molar-refractivity contribution is 0.407. The molecule has 9 heteroatoms. The lowest BCUT2D eigenvalue weighted by atomic mass is 10.2. The van der Waals surface area contributed by atoms with Crippen molar-refractivity contribution in [1.29, 1.82) is 0 Å². The quantitative estimate of drug-likeness (QED) is 0.356. The summed E-state index contributed by atoms with van der Waals surface area (Å²) >= 11 is 0. The summed E-state index contributed by atoms with van der Waals surface area (Å²) in [6, 6.07) is 0. The molecule has 1 rings (SSSR count). The second-order valence-electron chi connectivity index (χ2n) is 2.47. The van der Waals surface area contributed by atoms with E-state index in [0.29, 0.717) is 0 Å². The summed E-state index contributed by atoms with van der Waals surface area (Å²) in [5, 5.41) is 0. The van der Waals surface area contributed by atoms with Crippen LogP contribution in [-0.2, 0) is 10.1 Å². The van der Waals surface area contributed by atoms with Gasteiger partial charge in [0.2, 0.25) is 0 Å². The Hall–Kier alpha value is -1.35. The van der Waals surface area contributed by atoms with Gasteiger partial charge in [0, 0.05) is 0 Å². The number of hydrogen-bond donors (Lipinski definition) is 2. The standard InChI is InChI=1S/C6H3F4NO3S.C2H6/c7-1-3(9)6(15(12,13)14)4(10)2(8)5(1)11;1-2/h11H2,(H,12,13,14);1-2H3. The summed E-state index contributed by atoms with van der Waals surface area (Å²) in [6.07, 6.45) is 0. The molecule has 0 bridgehead atoms. The number of anilines is 1. The zero-order valence-corrected chi connectivity index (χ0v) is 9.58. The molecule has 0 aliphatic rings. The molecule has 98 valence electrons. The van der Waals surface area contributed by atoms with Crippen LogP contribution in [0.15, 0.2) is 4.90 Å². The third-order valence-electron chi connectivity index (χ3n) is 1.52. The van der Waals surface area contributed by atoms with Crippen LogP contribution in [0.3, 0.4) is 0 Å². The van der Waals surface area contributed by atoms with Crippen LogP contribution in [0.25, 0.3) is 0 Å². The highest BCUT2D eigenvalue weighted by molar-refractivity contribution is 7.85. The van der Waals surface area contributed by atoms with Crippen molar-refractivity contribution >= 4 is 15.8 Å². The predicted octanol–water partition coefficient (Wildman–Crippen LogP) is 2.10. The van der Waals surface area contributed by atoms with Crippen LogP contribution < -0.4 is 5.73 Å². The van der Waals surface area contributed by atoms with Gasteiger partial charge in [0.15, 0.2) is 28.2 Å². The Balaban J connectivity index is 0.00000121. The van der Waals surface area contributed by atoms with Gasteiger partial charge in [-0.15, -0.1) is 0 Å². The fourth-order valence-corrected chi connectivity index (χ4v) is 1.49. The van der Waals surface area contributed by atoms with Crippen molar-refractivity contribution in [2.45, 2.75) is 18.7 Å². The average molecular weight is 275 g/mol. The van der Waals surface area contributed by atoms with E-state index in [1.807, 2.05) is 13.8 Å². The van der Waals surface area contributed by atoms with E-state index in [1.54, 1.807) is 0 Å². The number of halogens is 4. The van der Waals surface area contributed by atoms with Gasteiger partial charge < -0.3 is 5.73 Å². The first kappa shape index (κ1) is 15.7. The number of hydrogen-bond acceptors (Lipinski definition) is 3. The van der Waals surface area contributed by atoms with Crippen molar-refractivity contribution in [2.24, 2.45) is 0 Å². The van der Waals surface area contributed by atoms with Crippen LogP contribution in [0.1, 0.15) is 13.8 Å². The molecule has 0 fully saturated rings. The molecule has 0 spiro atoms. The molecule has 0 radical (unpaired) electrons. The van der Waals surface area contributed by atoms with Gasteiger partial charge in [-0.25, -0.2) is 17.6 Å². The number of benzene rings is 1. The third kappa shape index (κ3) is 2.86. The van der Waals surface area contributed by atoms with E-state index in [9.17, 15) is 26.0 Å². The largest absolute Gasteiger partial charge is 0.394 e. The van der Waals surface area contributed by atoms with Gasteiger partial charge in [-0.1, -0.05) is 13.8 Å². The molecule has 0 atom stereocenters. The number of nitrogens with two attached hydrogens (primary N) is 1. The lowest BCUT2D eigenvalue weighted by Crippen LogP contribution is -2.12. The molecular formula is C8H9F4NO3S. The molecule has 0 unspecified atom stereocenters. The Morgan fingerprint density at radius 3 is 1.47 bits per heavy atom. The minimum absolute atomic E-state index is 1.50. The molecule has 0 heterocycles. The Labute approximate surface area is 94.8 Å². The smallest absolute Gasteiger partial charge is 0.300 e. The van der Waals surface area contributed by atoms with E-state index < -0.39 is 44.0 Å². The zero-order valence-electron chi connectivity index (χ0n) is 8.76. The van der Waals surface area contributed by atoms with Crippen LogP contribution in [0.5, 0.6) is 0 Å². The van der Waals surface area contributed by atoms with E-state index in [4.69, 9.17) is 4.55 Å². The van der Waals surface area contributed by atoms with E-state index in [0.717, 1.165) is 0 Å². The SMILES string of the molecule is CC.Nc1c(F)c(F)c(S(=O)(=O)O)c(F)c1F. The van der Waals surface area contributed by atoms with Crippen molar-refractivity contribution in [3.63, 3.8) is 0 Å². The van der Waals surface area contributed by atoms with Gasteiger partial charge in [0.1, 0.15) is 5.69 Å². The van der Waals surface area contributed by atoms with E-state index >= 15 is 0 Å². The highest BCUT2D eigenvalue weighted by atomic mass is 32.2. The van der Waals surface area contributed by atoms with Gasteiger partial charge in [0.05, 0.1) is 0 Å². The van der Waals surface area contributed by atoms with Crippen LogP contribution in [-0.4, -0.2) is 13.0 Å². The van der Waals surface area contributed by atoms with Gasteiger partial charge in [-0.2, -0.15) is 8.42 Å². The summed E-state index contributed by atoms with van der Waals surface area (Å²) in [5.74, 6) is -8.70. The van der Waals surface area contributed by atoms with E-state index in [-0.39, 0.29) is 0 Å². The summed E-state index contributed by atoms with van der Waals surface area (Å²) in [5.41, 5.74) is 3.09. The monoisotopic (exact) mass is 275 g/mol. The summed E-state index contributed by atoms with van der Waals surface area (Å²) in [4.78, 5) is -2.10. The molecule has 1 aromatic rings. The molecule has 17 heavy (non-hydrogen) atoms. The number of nitrogen functional groups attached to an aromatic ring is 1. The minimum atomic E-state index is -5.41. The van der Waals surface area contributed by atoms with E-state index in [2.05, 4.69) is 5.73 Å². The molecule has 3 N–H and O–H groups in total. The molecule has 4 nitrogen and oxygen atoms in total. The molecule has 0 amide bonds. The first-order valence-electron chi connectivity index (χ1n) is 4.26. The highest BCUT2D eigenvalue weighted by Gasteiger charge is 2.30. The van der Waals surface area contributed by atoms with Crippen LogP contribution >= 0.6 is 0 Å². The average Bonchev–Trinajstić information content (AvgIpc) is 2.25. The predicted molar refractivity (Wildman–Crippen MR) is 51.8 cm³/mol. The molecule has 1 aromatic carbocycles. The second-order valence-corrected chi connectivity index (χ2v) is 3.83. The molecule has 0 aliphatic heterocycles. The summed E-state index contributed by atoms with van der Waals surface area (Å²) in [7, 11) is -5.41. The molecular weight excluding hydrogens is 266 g/mol. The molecule has 0 saturated heterocycles. The maximum atomic E-state index is 12.8. The number of rotatable bonds is 1. The van der Waals surface area contributed by atoms with Gasteiger partial charge in [-0.05, 0) is 0 Å². The molecule has 0 aromatic heterocycles. The van der Waals surface area contributed by atoms with Gasteiger partial charge in [-0.3, -0.25) is 4.55 Å². The maximum Gasteiger partial charge on any atom is 0.300 e. The fourth-order valence-electron chi connectivity index (χ4n) is 0.855. The minimum Gasteiger partial charge on any atom is -0.394 e. The van der Waals surface area contributed by atoms with Gasteiger partial charge in [0.25, 0.3) is 0 Å². The normalized spacial score (nSPS) is 10.8. The topological polar surface area (TPSA) is 80.4 Å². The molecule has 0 aliphatic carbocycles. The highest BCUT2D eigenvalue weighted by Crippen LogP contribution is 2.28. The van der Waals surface area contributed by atoms with Crippen molar-refractivity contribution in [1.82, 2.24) is 0 Å². The van der Waals surface area contributed by atoms with Crippen molar-refractivity contribution in [3.8, 4) is 0 Å². The van der Waals surface area contributed by atoms with Crippen molar-refractivity contribution in [2.75, 3.05) is 5.73 Å². The first-order valence-corrected chi connectivity index (χ1v) is 5.70. The maximum absolute atomic E-state index is 12.8. The van der Waals surface area contributed by atoms with Crippen molar-refractivity contribution < 1.29 is 30.5 Å². The Morgan fingerprint density at radius 2 is 1.24 bits per heavy atom. The summed E-state index contributed by atoms with van der Waals surface area (Å²) in [6.45, 7) is 4.00. The molecule has 0 saturated carbocycles. The van der Waals surface area contributed by atoms with Crippen molar-refractivity contribution in [3.05, 3.63) is 23.3 Å². The van der Waals surface area contributed by atoms with E-state index in [1.165, 1.54) is 0 Å². The summed E-state index contributed by atoms with van der Waals surface area (Å²) < 4.78 is 80.0. The Bertz CT molecular complexity index is 501.